The summed E-state index contributed by atoms with van der Waals surface area (Å²) in [5.74, 6) is 0.0314. The van der Waals surface area contributed by atoms with Crippen LogP contribution in [0, 0.1) is 5.41 Å². The molecule has 0 aliphatic heterocycles. The van der Waals surface area contributed by atoms with Gasteiger partial charge in [0.25, 0.3) is 0 Å². The number of carbonyl (C=O) groups excluding carboxylic acids is 2. The van der Waals surface area contributed by atoms with E-state index in [0.717, 1.165) is 0 Å². The molecule has 0 heterocycles. The average molecular weight is 202 g/mol. The van der Waals surface area contributed by atoms with Gasteiger partial charge in [-0.25, -0.2) is 0 Å². The van der Waals surface area contributed by atoms with Crippen LogP contribution < -0.4 is 0 Å². The zero-order chi connectivity index (χ0) is 11.9. The molecule has 0 bridgehead atoms. The molecule has 14 heavy (non-hydrogen) atoms. The average Bonchev–Trinajstić information content (AvgIpc) is 2.22. The summed E-state index contributed by atoms with van der Waals surface area (Å²) in [4.78, 5) is 22.2. The summed E-state index contributed by atoms with van der Waals surface area (Å²) in [7, 11) is 0. The van der Waals surface area contributed by atoms with Crippen LogP contribution in [-0.4, -0.2) is 24.8 Å². The Balaban J connectivity index is 3.75. The lowest BCUT2D eigenvalue weighted by atomic mass is 9.90. The summed E-state index contributed by atoms with van der Waals surface area (Å²) in [6, 6.07) is 0. The van der Waals surface area contributed by atoms with Crippen LogP contribution in [0.1, 0.15) is 41.9 Å². The summed E-state index contributed by atoms with van der Waals surface area (Å²) in [5, 5.41) is 0. The Labute approximate surface area is 87.2 Å². The van der Waals surface area contributed by atoms with Crippen LogP contribution in [0.2, 0.25) is 0 Å². The number of ketones is 2. The Kier molecular flexibility index (Phi) is 4.80. The van der Waals surface area contributed by atoms with E-state index in [1.165, 1.54) is 0 Å². The maximum atomic E-state index is 11.3. The molecule has 0 spiro atoms. The van der Waals surface area contributed by atoms with E-state index < -0.39 is 5.41 Å². The zero-order valence-electron chi connectivity index (χ0n) is 10.3. The van der Waals surface area contributed by atoms with Crippen molar-refractivity contribution in [1.29, 1.82) is 0 Å². The molecule has 0 aromatic rings. The fourth-order valence-electron chi connectivity index (χ4n) is 0.771. The van der Waals surface area contributed by atoms with Crippen molar-refractivity contribution in [3.63, 3.8) is 0 Å². The summed E-state index contributed by atoms with van der Waals surface area (Å²) in [5.41, 5.74) is -0.614. The highest BCUT2D eigenvalue weighted by Crippen LogP contribution is 2.16. The lowest BCUT2D eigenvalue weighted by Gasteiger charge is -2.20. The minimum atomic E-state index is -0.614. The van der Waals surface area contributed by atoms with Crippen LogP contribution in [0.15, 0.2) is 0 Å². The lowest BCUT2D eigenvalue weighted by Crippen LogP contribution is -2.27. The third kappa shape index (κ3) is 5.12. The van der Waals surface area contributed by atoms with Gasteiger partial charge in [-0.3, -0.25) is 9.59 Å². The van der Waals surface area contributed by atoms with Crippen molar-refractivity contribution < 1.29 is 15.7 Å². The molecule has 0 fully saturated rings. The van der Waals surface area contributed by atoms with Gasteiger partial charge < -0.3 is 4.74 Å². The Hall–Kier alpha value is -0.700. The first-order valence-corrected chi connectivity index (χ1v) is 4.86. The third-order valence-corrected chi connectivity index (χ3v) is 2.14. The largest absolute Gasteiger partial charge is 0.380 e. The number of carbonyl (C=O) groups is 2. The maximum Gasteiger partial charge on any atom is 0.137 e. The van der Waals surface area contributed by atoms with Crippen molar-refractivity contribution in [2.45, 2.75) is 40.5 Å². The first-order valence-electron chi connectivity index (χ1n) is 5.56. The van der Waals surface area contributed by atoms with Crippen molar-refractivity contribution in [1.82, 2.24) is 0 Å². The van der Waals surface area contributed by atoms with E-state index in [9.17, 15) is 9.59 Å². The molecule has 0 saturated heterocycles. The van der Waals surface area contributed by atoms with Crippen molar-refractivity contribution in [3.05, 3.63) is 0 Å². The number of ether oxygens (including phenoxy) is 1. The molecule has 0 rings (SSSR count). The number of Topliss-reactive ketones (excluding diaryl/α,β-unsaturated/α-hetero) is 2. The van der Waals surface area contributed by atoms with Gasteiger partial charge >= 0.3 is 0 Å². The van der Waals surface area contributed by atoms with Crippen LogP contribution in [0.5, 0.6) is 0 Å². The van der Waals surface area contributed by atoms with E-state index in [1.54, 1.807) is 13.8 Å². The molecule has 0 aromatic heterocycles. The molecular formula is C11H20O3. The molecule has 0 aliphatic rings. The number of rotatable bonds is 7. The summed E-state index contributed by atoms with van der Waals surface area (Å²) < 4.78 is 12.3. The van der Waals surface area contributed by atoms with Crippen molar-refractivity contribution in [2.75, 3.05) is 13.2 Å². The first-order chi connectivity index (χ1) is 6.94. The van der Waals surface area contributed by atoms with Crippen LogP contribution >= 0.6 is 0 Å². The van der Waals surface area contributed by atoms with Crippen molar-refractivity contribution >= 4 is 11.6 Å². The number of hydrogen-bond acceptors (Lipinski definition) is 3. The molecular weight excluding hydrogens is 180 g/mol. The predicted molar refractivity (Wildman–Crippen MR) is 55.2 cm³/mol. The van der Waals surface area contributed by atoms with Gasteiger partial charge in [0.2, 0.25) is 0 Å². The molecule has 0 atom stereocenters. The monoisotopic (exact) mass is 202 g/mol. The Bertz CT molecular complexity index is 224. The maximum absolute atomic E-state index is 11.3. The van der Waals surface area contributed by atoms with E-state index in [4.69, 9.17) is 6.11 Å². The highest BCUT2D eigenvalue weighted by Gasteiger charge is 2.23. The van der Waals surface area contributed by atoms with Gasteiger partial charge in [-0.05, 0) is 6.90 Å². The minimum absolute atomic E-state index is 0.135. The molecule has 0 aromatic carbocycles. The fourth-order valence-corrected chi connectivity index (χ4v) is 0.771. The molecule has 0 radical (unpaired) electrons. The van der Waals surface area contributed by atoms with E-state index >= 15 is 0 Å². The van der Waals surface area contributed by atoms with E-state index in [-0.39, 0.29) is 25.1 Å². The highest BCUT2D eigenvalue weighted by molar-refractivity contribution is 5.81. The van der Waals surface area contributed by atoms with Crippen LogP contribution in [0.25, 0.3) is 0 Å². The predicted octanol–water partition coefficient (Wildman–Crippen LogP) is 1.99. The van der Waals surface area contributed by atoms with E-state index in [1.807, 2.05) is 6.92 Å². The molecule has 82 valence electrons. The lowest BCUT2D eigenvalue weighted by molar-refractivity contribution is -0.128. The second kappa shape index (κ2) is 5.91. The molecule has 0 saturated carbocycles. The Morgan fingerprint density at radius 3 is 2.57 bits per heavy atom. The summed E-state index contributed by atoms with van der Waals surface area (Å²) in [6.45, 7) is 5.75. The SMILES string of the molecule is [3H]CC(=O)C(C)(C)COCCC(=O)CC. The normalized spacial score (nSPS) is 12.4. The molecule has 3 nitrogen and oxygen atoms in total. The van der Waals surface area contributed by atoms with E-state index in [2.05, 4.69) is 0 Å². The molecule has 0 unspecified atom stereocenters. The van der Waals surface area contributed by atoms with Gasteiger partial charge in [-0.15, -0.1) is 0 Å². The van der Waals surface area contributed by atoms with Gasteiger partial charge in [-0.1, -0.05) is 20.8 Å². The van der Waals surface area contributed by atoms with Crippen LogP contribution in [-0.2, 0) is 14.3 Å². The zero-order valence-corrected chi connectivity index (χ0v) is 9.26. The standard InChI is InChI=1S/C11H20O3/c1-5-10(13)6-7-14-8-11(3,4)9(2)12/h5-8H2,1-4H3/i2T. The van der Waals surface area contributed by atoms with Gasteiger partial charge in [0.1, 0.15) is 11.6 Å². The Morgan fingerprint density at radius 1 is 1.43 bits per heavy atom. The van der Waals surface area contributed by atoms with Crippen molar-refractivity contribution in [2.24, 2.45) is 5.41 Å². The third-order valence-electron chi connectivity index (χ3n) is 2.14. The second-order valence-electron chi connectivity index (χ2n) is 4.00. The van der Waals surface area contributed by atoms with Gasteiger partial charge in [0.15, 0.2) is 0 Å². The highest BCUT2D eigenvalue weighted by atomic mass is 16.5. The summed E-state index contributed by atoms with van der Waals surface area (Å²) >= 11 is 0. The van der Waals surface area contributed by atoms with Crippen LogP contribution in [0.4, 0.5) is 0 Å². The quantitative estimate of drug-likeness (QED) is 0.593. The minimum Gasteiger partial charge on any atom is -0.380 e. The molecule has 0 aliphatic carbocycles. The van der Waals surface area contributed by atoms with Crippen molar-refractivity contribution in [3.8, 4) is 0 Å². The summed E-state index contributed by atoms with van der Waals surface area (Å²) in [6.07, 6.45) is 0.931. The van der Waals surface area contributed by atoms with Gasteiger partial charge in [0.05, 0.1) is 13.2 Å². The first kappa shape index (κ1) is 11.4. The number of hydrogen-bond donors (Lipinski definition) is 0. The second-order valence-corrected chi connectivity index (χ2v) is 4.00. The fraction of sp³-hybridized carbons (Fsp3) is 0.818. The van der Waals surface area contributed by atoms with E-state index in [0.29, 0.717) is 19.4 Å². The Morgan fingerprint density at radius 2 is 2.07 bits per heavy atom. The van der Waals surface area contributed by atoms with Gasteiger partial charge in [-0.2, -0.15) is 0 Å². The molecule has 3 heteroatoms. The molecule has 0 amide bonds. The topological polar surface area (TPSA) is 43.4 Å². The van der Waals surface area contributed by atoms with Crippen LogP contribution in [0.3, 0.4) is 0 Å². The smallest absolute Gasteiger partial charge is 0.137 e. The van der Waals surface area contributed by atoms with Gasteiger partial charge in [0, 0.05) is 19.6 Å². The molecule has 0 N–H and O–H groups in total.